The molecule has 1 heterocycles. The van der Waals surface area contributed by atoms with E-state index in [1.807, 2.05) is 0 Å². The molecule has 1 saturated heterocycles. The lowest BCUT2D eigenvalue weighted by molar-refractivity contribution is 0.180. The van der Waals surface area contributed by atoms with Gasteiger partial charge in [-0.25, -0.2) is 0 Å². The second-order valence-electron chi connectivity index (χ2n) is 7.15. The number of unbranched alkanes of at least 4 members (excludes halogenated alkanes) is 3. The van der Waals surface area contributed by atoms with Crippen LogP contribution in [0.4, 0.5) is 0 Å². The molecule has 0 unspecified atom stereocenters. The van der Waals surface area contributed by atoms with Crippen molar-refractivity contribution in [3.05, 3.63) is 0 Å². The molecule has 0 spiro atoms. The summed E-state index contributed by atoms with van der Waals surface area (Å²) in [4.78, 5) is 0. The maximum Gasteiger partial charge on any atom is 0.0462 e. The van der Waals surface area contributed by atoms with Crippen LogP contribution in [0.1, 0.15) is 72.6 Å². The fourth-order valence-corrected chi connectivity index (χ4v) is 2.86. The summed E-state index contributed by atoms with van der Waals surface area (Å²) in [5.74, 6) is 0. The van der Waals surface area contributed by atoms with Gasteiger partial charge in [-0.15, -0.1) is 0 Å². The molecule has 3 heteroatoms. The Morgan fingerprint density at radius 3 is 1.40 bits per heavy atom. The first-order chi connectivity index (χ1) is 9.33. The van der Waals surface area contributed by atoms with Gasteiger partial charge in [0.05, 0.1) is 0 Å². The minimum atomic E-state index is 0.363. The Morgan fingerprint density at radius 1 is 0.750 bits per heavy atom. The number of hydrogen-bond donors (Lipinski definition) is 1. The molecular formula is C17H37NO2. The third kappa shape index (κ3) is 11.7. The van der Waals surface area contributed by atoms with Crippen LogP contribution in [-0.4, -0.2) is 38.5 Å². The first-order valence-corrected chi connectivity index (χ1v) is 8.10. The van der Waals surface area contributed by atoms with Crippen molar-refractivity contribution in [3.8, 4) is 0 Å². The van der Waals surface area contributed by atoms with Crippen molar-refractivity contribution in [1.82, 2.24) is 5.32 Å². The van der Waals surface area contributed by atoms with Gasteiger partial charge in [0, 0.05) is 38.5 Å². The lowest BCUT2D eigenvalue weighted by Gasteiger charge is -2.42. The van der Waals surface area contributed by atoms with E-state index in [1.54, 1.807) is 14.2 Å². The van der Waals surface area contributed by atoms with Crippen molar-refractivity contribution in [2.45, 2.75) is 83.7 Å². The lowest BCUT2D eigenvalue weighted by atomic mass is 9.83. The SMILES string of the molecule is CC1(C)CCCC(C)(C)N1.COCCCCCCOC. The number of piperidine rings is 1. The standard InChI is InChI=1S/C9H19N.C8H18O2/c1-8(2)6-5-7-9(3,4)10-8;1-9-7-5-3-4-6-8-10-2/h10H,5-7H2,1-4H3;3-8H2,1-2H3. The van der Waals surface area contributed by atoms with Crippen LogP contribution in [0, 0.1) is 0 Å². The van der Waals surface area contributed by atoms with Crippen LogP contribution in [0.25, 0.3) is 0 Å². The second kappa shape index (κ2) is 10.6. The molecule has 0 saturated carbocycles. The van der Waals surface area contributed by atoms with Crippen molar-refractivity contribution >= 4 is 0 Å². The third-order valence-electron chi connectivity index (χ3n) is 3.73. The highest BCUT2D eigenvalue weighted by atomic mass is 16.5. The van der Waals surface area contributed by atoms with Gasteiger partial charge >= 0.3 is 0 Å². The average Bonchev–Trinajstić information content (AvgIpc) is 2.31. The predicted molar refractivity (Wildman–Crippen MR) is 87.4 cm³/mol. The molecular weight excluding hydrogens is 250 g/mol. The summed E-state index contributed by atoms with van der Waals surface area (Å²) in [5.41, 5.74) is 0.726. The van der Waals surface area contributed by atoms with Gasteiger partial charge in [-0.3, -0.25) is 0 Å². The van der Waals surface area contributed by atoms with Crippen molar-refractivity contribution in [1.29, 1.82) is 0 Å². The number of ether oxygens (including phenoxy) is 2. The monoisotopic (exact) mass is 287 g/mol. The van der Waals surface area contributed by atoms with Crippen LogP contribution < -0.4 is 5.32 Å². The van der Waals surface area contributed by atoms with Gasteiger partial charge in [0.2, 0.25) is 0 Å². The highest BCUT2D eigenvalue weighted by molar-refractivity contribution is 4.92. The van der Waals surface area contributed by atoms with Crippen LogP contribution in [0.15, 0.2) is 0 Å². The van der Waals surface area contributed by atoms with Gasteiger partial charge in [0.25, 0.3) is 0 Å². The van der Waals surface area contributed by atoms with Crippen molar-refractivity contribution in [3.63, 3.8) is 0 Å². The molecule has 122 valence electrons. The van der Waals surface area contributed by atoms with Crippen LogP contribution >= 0.6 is 0 Å². The number of methoxy groups -OCH3 is 2. The zero-order valence-electron chi connectivity index (χ0n) is 14.7. The molecule has 1 rings (SSSR count). The maximum atomic E-state index is 4.92. The Morgan fingerprint density at radius 2 is 1.15 bits per heavy atom. The molecule has 0 aromatic carbocycles. The van der Waals surface area contributed by atoms with Crippen LogP contribution in [0.3, 0.4) is 0 Å². The summed E-state index contributed by atoms with van der Waals surface area (Å²) >= 11 is 0. The fraction of sp³-hybridized carbons (Fsp3) is 1.00. The van der Waals surface area contributed by atoms with E-state index in [-0.39, 0.29) is 0 Å². The lowest BCUT2D eigenvalue weighted by Crippen LogP contribution is -2.55. The average molecular weight is 287 g/mol. The minimum Gasteiger partial charge on any atom is -0.385 e. The Balaban J connectivity index is 0.000000361. The Labute approximate surface area is 126 Å². The van der Waals surface area contributed by atoms with E-state index >= 15 is 0 Å². The highest BCUT2D eigenvalue weighted by Crippen LogP contribution is 2.27. The second-order valence-corrected chi connectivity index (χ2v) is 7.15. The van der Waals surface area contributed by atoms with E-state index in [4.69, 9.17) is 9.47 Å². The minimum absolute atomic E-state index is 0.363. The van der Waals surface area contributed by atoms with Gasteiger partial charge in [0.15, 0.2) is 0 Å². The van der Waals surface area contributed by atoms with E-state index in [9.17, 15) is 0 Å². The predicted octanol–water partition coefficient (Wildman–Crippen LogP) is 4.16. The molecule has 0 aromatic rings. The normalized spacial score (nSPS) is 20.1. The molecule has 0 bridgehead atoms. The summed E-state index contributed by atoms with van der Waals surface area (Å²) < 4.78 is 9.83. The summed E-state index contributed by atoms with van der Waals surface area (Å²) in [5, 5.41) is 3.63. The van der Waals surface area contributed by atoms with E-state index in [2.05, 4.69) is 33.0 Å². The Hall–Kier alpha value is -0.120. The van der Waals surface area contributed by atoms with E-state index < -0.39 is 0 Å². The molecule has 20 heavy (non-hydrogen) atoms. The summed E-state index contributed by atoms with van der Waals surface area (Å²) in [6.07, 6.45) is 8.88. The molecule has 1 N–H and O–H groups in total. The first kappa shape index (κ1) is 19.9. The quantitative estimate of drug-likeness (QED) is 0.713. The zero-order valence-corrected chi connectivity index (χ0v) is 14.7. The van der Waals surface area contributed by atoms with Gasteiger partial charge in [0.1, 0.15) is 0 Å². The summed E-state index contributed by atoms with van der Waals surface area (Å²) in [6, 6.07) is 0. The number of hydrogen-bond acceptors (Lipinski definition) is 3. The first-order valence-electron chi connectivity index (χ1n) is 8.10. The maximum absolute atomic E-state index is 4.92. The Bertz CT molecular complexity index is 205. The van der Waals surface area contributed by atoms with E-state index in [0.29, 0.717) is 11.1 Å². The van der Waals surface area contributed by atoms with Gasteiger partial charge in [-0.2, -0.15) is 0 Å². The van der Waals surface area contributed by atoms with Crippen molar-refractivity contribution in [2.24, 2.45) is 0 Å². The molecule has 1 aliphatic heterocycles. The molecule has 0 aromatic heterocycles. The highest BCUT2D eigenvalue weighted by Gasteiger charge is 2.31. The molecule has 3 nitrogen and oxygen atoms in total. The van der Waals surface area contributed by atoms with Crippen molar-refractivity contribution < 1.29 is 9.47 Å². The molecule has 0 atom stereocenters. The largest absolute Gasteiger partial charge is 0.385 e. The number of nitrogens with one attached hydrogen (secondary N) is 1. The van der Waals surface area contributed by atoms with Crippen molar-refractivity contribution in [2.75, 3.05) is 27.4 Å². The van der Waals surface area contributed by atoms with E-state index in [1.165, 1.54) is 44.9 Å². The molecule has 0 aliphatic carbocycles. The summed E-state index contributed by atoms with van der Waals surface area (Å²) in [7, 11) is 3.49. The van der Waals surface area contributed by atoms with Gasteiger partial charge in [-0.1, -0.05) is 12.8 Å². The fourth-order valence-electron chi connectivity index (χ4n) is 2.86. The van der Waals surface area contributed by atoms with Gasteiger partial charge < -0.3 is 14.8 Å². The Kier molecular flexibility index (Phi) is 10.5. The number of rotatable bonds is 7. The smallest absolute Gasteiger partial charge is 0.0462 e. The van der Waals surface area contributed by atoms with Crippen LogP contribution in [0.2, 0.25) is 0 Å². The van der Waals surface area contributed by atoms with E-state index in [0.717, 1.165) is 13.2 Å². The molecule has 0 amide bonds. The van der Waals surface area contributed by atoms with Crippen LogP contribution in [0.5, 0.6) is 0 Å². The molecule has 1 aliphatic rings. The van der Waals surface area contributed by atoms with Gasteiger partial charge in [-0.05, 0) is 59.8 Å². The van der Waals surface area contributed by atoms with Crippen LogP contribution in [-0.2, 0) is 9.47 Å². The topological polar surface area (TPSA) is 30.5 Å². The zero-order chi connectivity index (χ0) is 15.5. The molecule has 0 radical (unpaired) electrons. The summed E-state index contributed by atoms with van der Waals surface area (Å²) in [6.45, 7) is 10.9. The third-order valence-corrected chi connectivity index (χ3v) is 3.73. The molecule has 1 fully saturated rings.